The summed E-state index contributed by atoms with van der Waals surface area (Å²) in [4.78, 5) is 33.8. The summed E-state index contributed by atoms with van der Waals surface area (Å²) >= 11 is 5.25. The molecule has 1 saturated heterocycles. The molecule has 7 heteroatoms. The van der Waals surface area contributed by atoms with Crippen LogP contribution in [0.5, 0.6) is 0 Å². The lowest BCUT2D eigenvalue weighted by molar-refractivity contribution is -0.139. The van der Waals surface area contributed by atoms with Crippen molar-refractivity contribution >= 4 is 29.5 Å². The predicted molar refractivity (Wildman–Crippen MR) is 51.1 cm³/mol. The summed E-state index contributed by atoms with van der Waals surface area (Å²) in [7, 11) is 0. The van der Waals surface area contributed by atoms with E-state index >= 15 is 0 Å². The van der Waals surface area contributed by atoms with Gasteiger partial charge in [0.1, 0.15) is 11.6 Å². The van der Waals surface area contributed by atoms with Crippen molar-refractivity contribution in [2.45, 2.75) is 0 Å². The topological polar surface area (TPSA) is 75.7 Å². The highest BCUT2D eigenvalue weighted by atomic mass is 35.5. The number of carbonyl (C=O) groups is 3. The number of urea groups is 1. The Morgan fingerprint density at radius 1 is 1.60 bits per heavy atom. The van der Waals surface area contributed by atoms with E-state index in [4.69, 9.17) is 11.6 Å². The summed E-state index contributed by atoms with van der Waals surface area (Å²) in [6.07, 6.45) is 0. The van der Waals surface area contributed by atoms with Crippen molar-refractivity contribution < 1.29 is 19.1 Å². The van der Waals surface area contributed by atoms with Crippen molar-refractivity contribution in [1.29, 1.82) is 0 Å². The first-order chi connectivity index (χ1) is 7.02. The molecule has 0 aromatic heterocycles. The zero-order valence-corrected chi connectivity index (χ0v) is 8.54. The number of halogens is 1. The molecule has 1 fully saturated rings. The highest BCUT2D eigenvalue weighted by molar-refractivity contribution is 6.40. The Balaban J connectivity index is 2.31. The van der Waals surface area contributed by atoms with Gasteiger partial charge in [-0.3, -0.25) is 9.69 Å². The van der Waals surface area contributed by atoms with E-state index in [1.165, 1.54) is 0 Å². The molecule has 0 radical (unpaired) electrons. The van der Waals surface area contributed by atoms with Crippen LogP contribution in [0.2, 0.25) is 0 Å². The molecule has 1 heterocycles. The van der Waals surface area contributed by atoms with E-state index in [0.717, 1.165) is 4.90 Å². The maximum atomic E-state index is 11.1. The standard InChI is InChI=1S/C8H9ClN2O4/c1-5(9)7(13)15-3-2-11-6(12)4-10-8(11)14/h1-4H2,(H,10,14). The van der Waals surface area contributed by atoms with Gasteiger partial charge in [0, 0.05) is 0 Å². The van der Waals surface area contributed by atoms with Crippen LogP contribution in [0.15, 0.2) is 11.6 Å². The van der Waals surface area contributed by atoms with Crippen LogP contribution >= 0.6 is 11.6 Å². The van der Waals surface area contributed by atoms with Crippen molar-refractivity contribution in [3.05, 3.63) is 11.6 Å². The number of amides is 3. The molecule has 0 aromatic carbocycles. The lowest BCUT2D eigenvalue weighted by atomic mass is 10.5. The Bertz CT molecular complexity index is 313. The second-order valence-corrected chi connectivity index (χ2v) is 3.20. The van der Waals surface area contributed by atoms with Gasteiger partial charge in [-0.2, -0.15) is 0 Å². The predicted octanol–water partition coefficient (Wildman–Crippen LogP) is -0.166. The molecule has 0 spiro atoms. The summed E-state index contributed by atoms with van der Waals surface area (Å²) in [5.41, 5.74) is 0. The molecule has 82 valence electrons. The number of ether oxygens (including phenoxy) is 1. The van der Waals surface area contributed by atoms with Gasteiger partial charge in [-0.15, -0.1) is 0 Å². The lowest BCUT2D eigenvalue weighted by Gasteiger charge is -2.11. The average Bonchev–Trinajstić information content (AvgIpc) is 2.48. The van der Waals surface area contributed by atoms with Crippen LogP contribution in [0.1, 0.15) is 0 Å². The van der Waals surface area contributed by atoms with Crippen molar-refractivity contribution in [1.82, 2.24) is 10.2 Å². The molecule has 0 bridgehead atoms. The second kappa shape index (κ2) is 4.79. The SMILES string of the molecule is C=C(Cl)C(=O)OCCN1C(=O)CNC1=O. The van der Waals surface area contributed by atoms with E-state index < -0.39 is 12.0 Å². The van der Waals surface area contributed by atoms with Crippen molar-refractivity contribution in [3.63, 3.8) is 0 Å². The number of nitrogens with zero attached hydrogens (tertiary/aromatic N) is 1. The van der Waals surface area contributed by atoms with Gasteiger partial charge in [0.05, 0.1) is 13.1 Å². The minimum absolute atomic E-state index is 0.0145. The number of nitrogens with one attached hydrogen (secondary N) is 1. The van der Waals surface area contributed by atoms with E-state index in [1.54, 1.807) is 0 Å². The maximum absolute atomic E-state index is 11.1. The van der Waals surface area contributed by atoms with Gasteiger partial charge >= 0.3 is 12.0 Å². The number of imide groups is 1. The molecule has 15 heavy (non-hydrogen) atoms. The minimum atomic E-state index is -0.760. The molecule has 1 aliphatic heterocycles. The Morgan fingerprint density at radius 2 is 2.27 bits per heavy atom. The molecular weight excluding hydrogens is 224 g/mol. The fourth-order valence-corrected chi connectivity index (χ4v) is 1.04. The number of esters is 1. The Labute approximate surface area is 90.8 Å². The molecule has 1 rings (SSSR count). The van der Waals surface area contributed by atoms with Crippen molar-refractivity contribution in [2.24, 2.45) is 0 Å². The van der Waals surface area contributed by atoms with E-state index in [1.807, 2.05) is 0 Å². The minimum Gasteiger partial charge on any atom is -0.460 e. The molecule has 1 N–H and O–H groups in total. The van der Waals surface area contributed by atoms with Crippen molar-refractivity contribution in [3.8, 4) is 0 Å². The zero-order valence-electron chi connectivity index (χ0n) is 7.79. The molecular formula is C8H9ClN2O4. The number of hydrogen-bond acceptors (Lipinski definition) is 4. The quantitative estimate of drug-likeness (QED) is 0.415. The Hall–Kier alpha value is -1.56. The highest BCUT2D eigenvalue weighted by Crippen LogP contribution is 2.01. The van der Waals surface area contributed by atoms with Crippen LogP contribution < -0.4 is 5.32 Å². The molecule has 0 saturated carbocycles. The van der Waals surface area contributed by atoms with E-state index in [0.29, 0.717) is 0 Å². The molecule has 0 unspecified atom stereocenters. The molecule has 0 atom stereocenters. The molecule has 0 aromatic rings. The maximum Gasteiger partial charge on any atom is 0.349 e. The van der Waals surface area contributed by atoms with Gasteiger partial charge in [0.15, 0.2) is 0 Å². The smallest absolute Gasteiger partial charge is 0.349 e. The van der Waals surface area contributed by atoms with Crippen LogP contribution in [-0.4, -0.2) is 42.5 Å². The first-order valence-electron chi connectivity index (χ1n) is 4.12. The van der Waals surface area contributed by atoms with Crippen LogP contribution in [0, 0.1) is 0 Å². The first-order valence-corrected chi connectivity index (χ1v) is 4.50. The lowest BCUT2D eigenvalue weighted by Crippen LogP contribution is -2.34. The van der Waals surface area contributed by atoms with Gasteiger partial charge in [0.2, 0.25) is 5.91 Å². The largest absolute Gasteiger partial charge is 0.460 e. The van der Waals surface area contributed by atoms with Gasteiger partial charge in [-0.1, -0.05) is 18.2 Å². The fraction of sp³-hybridized carbons (Fsp3) is 0.375. The summed E-state index contributed by atoms with van der Waals surface area (Å²) < 4.78 is 4.62. The fourth-order valence-electron chi connectivity index (χ4n) is 0.990. The molecule has 3 amide bonds. The van der Waals surface area contributed by atoms with Gasteiger partial charge in [-0.05, 0) is 0 Å². The highest BCUT2D eigenvalue weighted by Gasteiger charge is 2.28. The van der Waals surface area contributed by atoms with E-state index in [9.17, 15) is 14.4 Å². The second-order valence-electron chi connectivity index (χ2n) is 2.74. The number of carbonyl (C=O) groups excluding carboxylic acids is 3. The third kappa shape index (κ3) is 2.95. The number of rotatable bonds is 4. The normalized spacial score (nSPS) is 15.1. The molecule has 0 aliphatic carbocycles. The number of hydrogen-bond donors (Lipinski definition) is 1. The zero-order chi connectivity index (χ0) is 11.4. The van der Waals surface area contributed by atoms with E-state index in [-0.39, 0.29) is 30.6 Å². The van der Waals surface area contributed by atoms with Crippen molar-refractivity contribution in [2.75, 3.05) is 19.7 Å². The monoisotopic (exact) mass is 232 g/mol. The van der Waals surface area contributed by atoms with Crippen LogP contribution in [-0.2, 0) is 14.3 Å². The van der Waals surface area contributed by atoms with Crippen LogP contribution in [0.25, 0.3) is 0 Å². The Morgan fingerprint density at radius 3 is 2.73 bits per heavy atom. The van der Waals surface area contributed by atoms with Crippen LogP contribution in [0.4, 0.5) is 4.79 Å². The molecule has 1 aliphatic rings. The van der Waals surface area contributed by atoms with Crippen LogP contribution in [0.3, 0.4) is 0 Å². The summed E-state index contributed by atoms with van der Waals surface area (Å²) in [6, 6.07) is -0.485. The third-order valence-corrected chi connectivity index (χ3v) is 1.86. The van der Waals surface area contributed by atoms with Gasteiger partial charge in [-0.25, -0.2) is 9.59 Å². The molecule has 6 nitrogen and oxygen atoms in total. The average molecular weight is 233 g/mol. The van der Waals surface area contributed by atoms with E-state index in [2.05, 4.69) is 16.6 Å². The first kappa shape index (κ1) is 11.5. The third-order valence-electron chi connectivity index (χ3n) is 1.71. The Kier molecular flexibility index (Phi) is 3.68. The van der Waals surface area contributed by atoms with Gasteiger partial charge < -0.3 is 10.1 Å². The summed E-state index contributed by atoms with van der Waals surface area (Å²) in [5, 5.41) is 2.09. The summed E-state index contributed by atoms with van der Waals surface area (Å²) in [6.45, 7) is 3.07. The van der Waals surface area contributed by atoms with Gasteiger partial charge in [0.25, 0.3) is 0 Å². The summed E-state index contributed by atoms with van der Waals surface area (Å²) in [5.74, 6) is -1.11.